The van der Waals surface area contributed by atoms with Crippen molar-refractivity contribution in [3.8, 4) is 0 Å². The first-order chi connectivity index (χ1) is 7.77. The van der Waals surface area contributed by atoms with Gasteiger partial charge >= 0.3 is 0 Å². The van der Waals surface area contributed by atoms with E-state index in [4.69, 9.17) is 10.7 Å². The number of rotatable bonds is 2. The first kappa shape index (κ1) is 13.8. The molecule has 1 atom stereocenters. The van der Waals surface area contributed by atoms with Crippen LogP contribution in [-0.4, -0.2) is 15.4 Å². The van der Waals surface area contributed by atoms with Gasteiger partial charge in [0.05, 0.1) is 5.52 Å². The molecule has 0 aliphatic rings. The van der Waals surface area contributed by atoms with Gasteiger partial charge in [-0.05, 0) is 29.2 Å². The summed E-state index contributed by atoms with van der Waals surface area (Å²) in [6.45, 7) is 0. The lowest BCUT2D eigenvalue weighted by atomic mass is 10.2. The van der Waals surface area contributed by atoms with E-state index in [2.05, 4.69) is 17.6 Å². The van der Waals surface area contributed by atoms with Gasteiger partial charge in [-0.15, -0.1) is 0 Å². The lowest BCUT2D eigenvalue weighted by Gasteiger charge is -2.01. The van der Waals surface area contributed by atoms with E-state index < -0.39 is 9.05 Å². The number of para-hydroxylation sites is 1. The minimum Gasteiger partial charge on any atom is -0.255 e. The zero-order valence-corrected chi connectivity index (χ0v) is 11.7. The van der Waals surface area contributed by atoms with Gasteiger partial charge in [0.25, 0.3) is 0 Å². The number of hydrogen-bond acceptors (Lipinski definition) is 4. The van der Waals surface area contributed by atoms with Gasteiger partial charge in [-0.3, -0.25) is 4.98 Å². The van der Waals surface area contributed by atoms with E-state index in [-0.39, 0.29) is 0 Å². The predicted molar refractivity (Wildman–Crippen MR) is 76.5 cm³/mol. The summed E-state index contributed by atoms with van der Waals surface area (Å²) in [5.74, 6) is 0. The molecule has 1 aromatic carbocycles. The van der Waals surface area contributed by atoms with E-state index in [1.807, 2.05) is 30.3 Å². The Morgan fingerprint density at radius 1 is 1.31 bits per heavy atom. The first-order valence-electron chi connectivity index (χ1n) is 4.32. The minimum absolute atomic E-state index is 0.842. The van der Waals surface area contributed by atoms with E-state index in [1.165, 1.54) is 0 Å². The smallest absolute Gasteiger partial charge is 0.181 e. The van der Waals surface area contributed by atoms with Crippen LogP contribution in [-0.2, 0) is 9.05 Å². The average molecular weight is 292 g/mol. The maximum Gasteiger partial charge on any atom is 0.181 e. The molecule has 0 aliphatic heterocycles. The van der Waals surface area contributed by atoms with Crippen molar-refractivity contribution < 1.29 is 4.21 Å². The largest absolute Gasteiger partial charge is 0.255 e. The van der Waals surface area contributed by atoms with E-state index >= 15 is 0 Å². The molecule has 16 heavy (non-hydrogen) atoms. The molecule has 2 nitrogen and oxygen atoms in total. The summed E-state index contributed by atoms with van der Waals surface area (Å²) in [6, 6.07) is 9.55. The Labute approximate surface area is 111 Å². The number of aromatic nitrogens is 1. The quantitative estimate of drug-likeness (QED) is 0.520. The molecule has 0 saturated heterocycles. The number of nitrogens with zero attached hydrogens (tertiary/aromatic N) is 1. The van der Waals surface area contributed by atoms with E-state index in [0.29, 0.717) is 0 Å². The summed E-state index contributed by atoms with van der Waals surface area (Å²) in [5, 5.41) is 1.03. The molecule has 0 fully saturated rings. The monoisotopic (exact) mass is 291 g/mol. The molecule has 0 aliphatic carbocycles. The van der Waals surface area contributed by atoms with Gasteiger partial charge in [0, 0.05) is 27.2 Å². The maximum atomic E-state index is 10.9. The second-order valence-corrected chi connectivity index (χ2v) is 6.40. The molecule has 6 heteroatoms. The minimum atomic E-state index is -1.42. The molecule has 0 amide bonds. The molecule has 86 valence electrons. The Morgan fingerprint density at radius 3 is 2.69 bits per heavy atom. The molecule has 1 unspecified atom stereocenters. The van der Waals surface area contributed by atoms with Crippen LogP contribution in [0.2, 0.25) is 0 Å². The van der Waals surface area contributed by atoms with Crippen molar-refractivity contribution in [2.45, 2.75) is 4.90 Å². The molecule has 2 rings (SSSR count). The molecule has 0 spiro atoms. The van der Waals surface area contributed by atoms with Crippen molar-refractivity contribution in [3.05, 3.63) is 36.5 Å². The number of pyridine rings is 1. The van der Waals surface area contributed by atoms with E-state index in [9.17, 15) is 4.21 Å². The van der Waals surface area contributed by atoms with Crippen molar-refractivity contribution in [1.82, 2.24) is 4.98 Å². The van der Waals surface area contributed by atoms with Crippen molar-refractivity contribution in [1.29, 1.82) is 0 Å². The average Bonchev–Trinajstić information content (AvgIpc) is 2.31. The summed E-state index contributed by atoms with van der Waals surface area (Å²) >= 11 is 3.53. The Balaban J connectivity index is 0.000000606. The van der Waals surface area contributed by atoms with Crippen molar-refractivity contribution in [3.63, 3.8) is 0 Å². The molecule has 0 N–H and O–H groups in total. The van der Waals surface area contributed by atoms with Crippen LogP contribution in [0.3, 0.4) is 0 Å². The van der Waals surface area contributed by atoms with Crippen LogP contribution in [0, 0.1) is 0 Å². The molecular formula is C10H10ClNOS3. The normalized spacial score (nSPS) is 11.7. The molecule has 0 radical (unpaired) electrons. The number of thiol groups is 1. The zero-order chi connectivity index (χ0) is 12.0. The molecular weight excluding hydrogens is 282 g/mol. The highest BCUT2D eigenvalue weighted by Crippen LogP contribution is 2.29. The molecule has 1 heterocycles. The standard InChI is InChI=1S/C9H6ClNOS2.CH4S/c10-14(12)13-8-5-1-3-7-4-2-6-11-9(7)8;1-2/h1-6H;2H,1H3. The van der Waals surface area contributed by atoms with Gasteiger partial charge in [-0.2, -0.15) is 12.6 Å². The van der Waals surface area contributed by atoms with Crippen LogP contribution in [0.1, 0.15) is 0 Å². The van der Waals surface area contributed by atoms with Gasteiger partial charge in [0.1, 0.15) is 0 Å². The predicted octanol–water partition coefficient (Wildman–Crippen LogP) is 3.69. The summed E-state index contributed by atoms with van der Waals surface area (Å²) in [5.41, 5.74) is 0.842. The van der Waals surface area contributed by atoms with Gasteiger partial charge in [0.2, 0.25) is 0 Å². The van der Waals surface area contributed by atoms with Crippen LogP contribution in [0.25, 0.3) is 10.9 Å². The lowest BCUT2D eigenvalue weighted by Crippen LogP contribution is -1.81. The second-order valence-electron chi connectivity index (χ2n) is 2.61. The molecule has 2 aromatic rings. The fraction of sp³-hybridized carbons (Fsp3) is 0.100. The zero-order valence-electron chi connectivity index (χ0n) is 8.46. The SMILES string of the molecule is CS.O=S(Cl)Sc1cccc2cccnc12. The summed E-state index contributed by atoms with van der Waals surface area (Å²) < 4.78 is 10.9. The highest BCUT2D eigenvalue weighted by Gasteiger charge is 2.04. The van der Waals surface area contributed by atoms with Crippen molar-refractivity contribution in [2.24, 2.45) is 0 Å². The number of benzene rings is 1. The maximum absolute atomic E-state index is 10.9. The van der Waals surface area contributed by atoms with Crippen molar-refractivity contribution >= 4 is 54.1 Å². The van der Waals surface area contributed by atoms with Crippen LogP contribution < -0.4 is 0 Å². The van der Waals surface area contributed by atoms with Gasteiger partial charge < -0.3 is 0 Å². The number of hydrogen-bond donors (Lipinski definition) is 1. The van der Waals surface area contributed by atoms with Crippen LogP contribution in [0.5, 0.6) is 0 Å². The van der Waals surface area contributed by atoms with Gasteiger partial charge in [-0.25, -0.2) is 4.21 Å². The third kappa shape index (κ3) is 3.66. The topological polar surface area (TPSA) is 30.0 Å². The molecule has 1 aromatic heterocycles. The Hall–Kier alpha value is -0.230. The van der Waals surface area contributed by atoms with E-state index in [0.717, 1.165) is 26.6 Å². The third-order valence-corrected chi connectivity index (χ3v) is 3.89. The van der Waals surface area contributed by atoms with Gasteiger partial charge in [-0.1, -0.05) is 18.2 Å². The van der Waals surface area contributed by atoms with Crippen LogP contribution in [0.15, 0.2) is 41.4 Å². The third-order valence-electron chi connectivity index (χ3n) is 1.75. The Morgan fingerprint density at radius 2 is 2.00 bits per heavy atom. The summed E-state index contributed by atoms with van der Waals surface area (Å²) in [6.07, 6.45) is 3.41. The Bertz CT molecular complexity index is 487. The molecule has 0 saturated carbocycles. The fourth-order valence-electron chi connectivity index (χ4n) is 1.21. The fourth-order valence-corrected chi connectivity index (χ4v) is 3.18. The van der Waals surface area contributed by atoms with Crippen LogP contribution in [0.4, 0.5) is 0 Å². The van der Waals surface area contributed by atoms with Crippen molar-refractivity contribution in [2.75, 3.05) is 6.26 Å². The Kier molecular flexibility index (Phi) is 6.20. The summed E-state index contributed by atoms with van der Waals surface area (Å²) in [7, 11) is 5.10. The number of fused-ring (bicyclic) bond motifs is 1. The molecule has 0 bridgehead atoms. The van der Waals surface area contributed by atoms with Crippen LogP contribution >= 0.6 is 34.1 Å². The highest BCUT2D eigenvalue weighted by atomic mass is 35.7. The van der Waals surface area contributed by atoms with E-state index in [1.54, 1.807) is 12.5 Å². The first-order valence-corrected chi connectivity index (χ1v) is 8.52. The highest BCUT2D eigenvalue weighted by molar-refractivity contribution is 8.77. The summed E-state index contributed by atoms with van der Waals surface area (Å²) in [4.78, 5) is 5.06. The van der Waals surface area contributed by atoms with Gasteiger partial charge in [0.15, 0.2) is 9.05 Å². The second kappa shape index (κ2) is 7.17. The number of halogens is 1. The lowest BCUT2D eigenvalue weighted by molar-refractivity contribution is 0.698.